The number of hydrogen-bond donors (Lipinski definition) is 2. The minimum Gasteiger partial charge on any atom is -0.488 e. The summed E-state index contributed by atoms with van der Waals surface area (Å²) in [5, 5.41) is 8.65. The predicted octanol–water partition coefficient (Wildman–Crippen LogP) is 4.75. The van der Waals surface area contributed by atoms with Gasteiger partial charge in [0.2, 0.25) is 0 Å². The lowest BCUT2D eigenvalue weighted by Gasteiger charge is -2.13. The normalized spacial score (nSPS) is 11.8. The van der Waals surface area contributed by atoms with Gasteiger partial charge in [-0.1, -0.05) is 91.0 Å². The Morgan fingerprint density at radius 1 is 0.853 bits per heavy atom. The molecule has 0 heterocycles. The van der Waals surface area contributed by atoms with E-state index < -0.39 is 11.8 Å². The number of carbonyl (C=O) groups is 2. The highest BCUT2D eigenvalue weighted by atomic mass is 16.5. The van der Waals surface area contributed by atoms with Crippen LogP contribution in [0.15, 0.2) is 102 Å². The molecule has 2 amide bonds. The van der Waals surface area contributed by atoms with E-state index in [1.165, 1.54) is 6.21 Å². The average molecular weight is 452 g/mol. The molecule has 170 valence electrons. The van der Waals surface area contributed by atoms with Gasteiger partial charge in [0.1, 0.15) is 12.4 Å². The van der Waals surface area contributed by atoms with Gasteiger partial charge >= 0.3 is 11.8 Å². The third-order valence-corrected chi connectivity index (χ3v) is 5.38. The summed E-state index contributed by atoms with van der Waals surface area (Å²) in [6.07, 6.45) is 1.51. The molecule has 0 fully saturated rings. The first-order valence-corrected chi connectivity index (χ1v) is 11.0. The molecule has 2 N–H and O–H groups in total. The van der Waals surface area contributed by atoms with Crippen molar-refractivity contribution in [2.45, 2.75) is 19.6 Å². The Hall–Kier alpha value is -4.45. The van der Waals surface area contributed by atoms with Crippen LogP contribution >= 0.6 is 0 Å². The molecule has 6 heteroatoms. The topological polar surface area (TPSA) is 79.8 Å². The molecule has 0 aliphatic carbocycles. The molecule has 1 atom stereocenters. The molecule has 0 radical (unpaired) electrons. The largest absolute Gasteiger partial charge is 0.488 e. The molecular weight excluding hydrogens is 426 g/mol. The van der Waals surface area contributed by atoms with Crippen molar-refractivity contribution in [1.29, 1.82) is 0 Å². The maximum absolute atomic E-state index is 12.3. The zero-order valence-corrected chi connectivity index (χ0v) is 18.8. The van der Waals surface area contributed by atoms with Crippen molar-refractivity contribution >= 4 is 28.8 Å². The number of nitrogens with one attached hydrogen (secondary N) is 2. The molecular formula is C28H25N3O3. The van der Waals surface area contributed by atoms with E-state index in [9.17, 15) is 9.59 Å². The highest BCUT2D eigenvalue weighted by molar-refractivity contribution is 6.35. The minimum atomic E-state index is -0.842. The van der Waals surface area contributed by atoms with Crippen molar-refractivity contribution in [3.05, 3.63) is 114 Å². The highest BCUT2D eigenvalue weighted by Crippen LogP contribution is 2.27. The Labute approximate surface area is 198 Å². The van der Waals surface area contributed by atoms with Crippen molar-refractivity contribution in [3.63, 3.8) is 0 Å². The minimum absolute atomic E-state index is 0.306. The number of rotatable bonds is 7. The van der Waals surface area contributed by atoms with Gasteiger partial charge in [0.05, 0.1) is 12.3 Å². The number of benzene rings is 4. The van der Waals surface area contributed by atoms with Crippen molar-refractivity contribution in [2.24, 2.45) is 5.10 Å². The van der Waals surface area contributed by atoms with Crippen LogP contribution in [0, 0.1) is 0 Å². The van der Waals surface area contributed by atoms with Gasteiger partial charge in [-0.25, -0.2) is 5.43 Å². The lowest BCUT2D eigenvalue weighted by molar-refractivity contribution is -0.139. The number of carbonyl (C=O) groups excluding carboxylic acids is 2. The standard InChI is InChI=1S/C28H25N3O3/c1-20(22-12-6-3-7-13-22)30-27(32)28(33)31-29-18-25-24-15-9-8-14-23(24)16-17-26(25)34-19-21-10-4-2-5-11-21/h2-18,20H,19H2,1H3,(H,30,32)(H,31,33)/b29-18+. The summed E-state index contributed by atoms with van der Waals surface area (Å²) in [5.74, 6) is -0.972. The molecule has 1 unspecified atom stereocenters. The van der Waals surface area contributed by atoms with Crippen molar-refractivity contribution in [2.75, 3.05) is 0 Å². The third-order valence-electron chi connectivity index (χ3n) is 5.38. The molecule has 4 aromatic rings. The number of hydrogen-bond acceptors (Lipinski definition) is 4. The van der Waals surface area contributed by atoms with Crippen LogP contribution in [0.3, 0.4) is 0 Å². The van der Waals surface area contributed by atoms with Gasteiger partial charge in [0.15, 0.2) is 0 Å². The van der Waals surface area contributed by atoms with Gasteiger partial charge in [0.25, 0.3) is 0 Å². The van der Waals surface area contributed by atoms with Crippen molar-refractivity contribution in [1.82, 2.24) is 10.7 Å². The zero-order valence-electron chi connectivity index (χ0n) is 18.8. The SMILES string of the molecule is CC(NC(=O)C(=O)N/N=C/c1c(OCc2ccccc2)ccc2ccccc12)c1ccccc1. The summed E-state index contributed by atoms with van der Waals surface area (Å²) in [4.78, 5) is 24.6. The highest BCUT2D eigenvalue weighted by Gasteiger charge is 2.16. The first-order chi connectivity index (χ1) is 16.6. The quantitative estimate of drug-likeness (QED) is 0.242. The zero-order chi connectivity index (χ0) is 23.8. The second kappa shape index (κ2) is 10.9. The summed E-state index contributed by atoms with van der Waals surface area (Å²) in [6.45, 7) is 2.21. The molecule has 4 rings (SSSR count). The van der Waals surface area contributed by atoms with Crippen molar-refractivity contribution < 1.29 is 14.3 Å². The maximum atomic E-state index is 12.3. The van der Waals surface area contributed by atoms with E-state index in [-0.39, 0.29) is 6.04 Å². The summed E-state index contributed by atoms with van der Waals surface area (Å²) < 4.78 is 6.05. The smallest absolute Gasteiger partial charge is 0.329 e. The number of hydrazone groups is 1. The summed E-state index contributed by atoms with van der Waals surface area (Å²) >= 11 is 0. The molecule has 0 aliphatic heterocycles. The van der Waals surface area contributed by atoms with Gasteiger partial charge in [-0.3, -0.25) is 9.59 Å². The van der Waals surface area contributed by atoms with E-state index in [4.69, 9.17) is 4.74 Å². The maximum Gasteiger partial charge on any atom is 0.329 e. The lowest BCUT2D eigenvalue weighted by atomic mass is 10.0. The Kier molecular flexibility index (Phi) is 7.30. The van der Waals surface area contributed by atoms with Crippen LogP contribution in [0.25, 0.3) is 10.8 Å². The summed E-state index contributed by atoms with van der Waals surface area (Å²) in [7, 11) is 0. The Morgan fingerprint density at radius 3 is 2.29 bits per heavy atom. The molecule has 0 spiro atoms. The lowest BCUT2D eigenvalue weighted by Crippen LogP contribution is -2.39. The number of amides is 2. The number of nitrogens with zero attached hydrogens (tertiary/aromatic N) is 1. The van der Waals surface area contributed by atoms with E-state index >= 15 is 0 Å². The Balaban J connectivity index is 1.47. The fourth-order valence-corrected chi connectivity index (χ4v) is 3.56. The van der Waals surface area contributed by atoms with Gasteiger partial charge in [0, 0.05) is 5.56 Å². The fourth-order valence-electron chi connectivity index (χ4n) is 3.56. The molecule has 4 aromatic carbocycles. The predicted molar refractivity (Wildman–Crippen MR) is 133 cm³/mol. The first kappa shape index (κ1) is 22.7. The summed E-state index contributed by atoms with van der Waals surface area (Å²) in [5.41, 5.74) is 4.98. The molecule has 0 aliphatic rings. The third kappa shape index (κ3) is 5.66. The molecule has 0 saturated carbocycles. The van der Waals surface area contributed by atoms with Crippen LogP contribution in [-0.4, -0.2) is 18.0 Å². The van der Waals surface area contributed by atoms with E-state index in [1.54, 1.807) is 0 Å². The van der Waals surface area contributed by atoms with Crippen LogP contribution in [0.4, 0.5) is 0 Å². The molecule has 34 heavy (non-hydrogen) atoms. The first-order valence-electron chi connectivity index (χ1n) is 11.0. The molecule has 6 nitrogen and oxygen atoms in total. The monoisotopic (exact) mass is 451 g/mol. The van der Waals surface area contributed by atoms with E-state index in [0.29, 0.717) is 17.9 Å². The van der Waals surface area contributed by atoms with Gasteiger partial charge in [-0.2, -0.15) is 5.10 Å². The average Bonchev–Trinajstić information content (AvgIpc) is 2.89. The molecule has 0 aromatic heterocycles. The van der Waals surface area contributed by atoms with Gasteiger partial charge in [-0.15, -0.1) is 0 Å². The second-order valence-corrected chi connectivity index (χ2v) is 7.78. The Bertz CT molecular complexity index is 1300. The number of fused-ring (bicyclic) bond motifs is 1. The molecule has 0 saturated heterocycles. The van der Waals surface area contributed by atoms with Crippen LogP contribution in [0.2, 0.25) is 0 Å². The van der Waals surface area contributed by atoms with Gasteiger partial charge < -0.3 is 10.1 Å². The molecule has 0 bridgehead atoms. The van der Waals surface area contributed by atoms with E-state index in [1.807, 2.05) is 104 Å². The fraction of sp³-hybridized carbons (Fsp3) is 0.107. The number of ether oxygens (including phenoxy) is 1. The van der Waals surface area contributed by atoms with Crippen LogP contribution < -0.4 is 15.5 Å². The van der Waals surface area contributed by atoms with E-state index in [2.05, 4.69) is 15.8 Å². The van der Waals surface area contributed by atoms with Gasteiger partial charge in [-0.05, 0) is 34.9 Å². The Morgan fingerprint density at radius 2 is 1.53 bits per heavy atom. The summed E-state index contributed by atoms with van der Waals surface area (Å²) in [6, 6.07) is 30.7. The van der Waals surface area contributed by atoms with Crippen molar-refractivity contribution in [3.8, 4) is 5.75 Å². The van der Waals surface area contributed by atoms with Crippen LogP contribution in [0.5, 0.6) is 5.75 Å². The second-order valence-electron chi connectivity index (χ2n) is 7.78. The van der Waals surface area contributed by atoms with E-state index in [0.717, 1.165) is 21.9 Å². The van der Waals surface area contributed by atoms with Crippen LogP contribution in [-0.2, 0) is 16.2 Å². The van der Waals surface area contributed by atoms with Crippen LogP contribution in [0.1, 0.15) is 29.7 Å².